The Labute approximate surface area is 292 Å². The molecule has 0 saturated heterocycles. The highest BCUT2D eigenvalue weighted by Gasteiger charge is 2.24. The normalized spacial score (nSPS) is 12.4. The number of aromatic nitrogens is 2. The van der Waals surface area contributed by atoms with Crippen LogP contribution in [0, 0.1) is 0 Å². The average molecular weight is 653 g/mol. The molecular weight excluding hydrogens is 613 g/mol. The van der Waals surface area contributed by atoms with Crippen molar-refractivity contribution in [3.8, 4) is 45.1 Å². The average Bonchev–Trinajstić information content (AvgIpc) is 3.10. The number of benzene rings is 6. The number of hydrogen-bond acceptors (Lipinski definition) is 4. The van der Waals surface area contributed by atoms with Crippen LogP contribution in [0.1, 0.15) is 52.7 Å². The summed E-state index contributed by atoms with van der Waals surface area (Å²) in [5, 5.41) is 29.3. The third-order valence-corrected chi connectivity index (χ3v) is 9.95. The van der Waals surface area contributed by atoms with Crippen LogP contribution >= 0.6 is 0 Å². The fourth-order valence-electron chi connectivity index (χ4n) is 7.37. The number of fused-ring (bicyclic) bond motifs is 4. The molecule has 2 heterocycles. The van der Waals surface area contributed by atoms with Gasteiger partial charge in [-0.2, -0.15) is 0 Å². The van der Waals surface area contributed by atoms with E-state index in [-0.39, 0.29) is 22.3 Å². The van der Waals surface area contributed by atoms with Gasteiger partial charge in [0.2, 0.25) is 0 Å². The molecule has 4 nitrogen and oxygen atoms in total. The Hall–Kier alpha value is -5.74. The molecule has 246 valence electrons. The molecule has 0 aliphatic carbocycles. The Morgan fingerprint density at radius 3 is 1.16 bits per heavy atom. The first-order chi connectivity index (χ1) is 23.9. The van der Waals surface area contributed by atoms with Gasteiger partial charge in [0.15, 0.2) is 0 Å². The van der Waals surface area contributed by atoms with Gasteiger partial charge >= 0.3 is 0 Å². The van der Waals surface area contributed by atoms with Crippen molar-refractivity contribution in [2.75, 3.05) is 0 Å². The minimum atomic E-state index is -0.239. The number of phenols is 2. The quantitative estimate of drug-likeness (QED) is 0.199. The van der Waals surface area contributed by atoms with Crippen LogP contribution in [-0.2, 0) is 10.8 Å². The fraction of sp³-hybridized carbons (Fsp3) is 0.174. The van der Waals surface area contributed by atoms with Gasteiger partial charge in [-0.1, -0.05) is 151 Å². The molecule has 0 saturated carbocycles. The predicted octanol–water partition coefficient (Wildman–Crippen LogP) is 12.1. The first-order valence-corrected chi connectivity index (χ1v) is 17.2. The number of rotatable bonds is 3. The van der Waals surface area contributed by atoms with Crippen molar-refractivity contribution in [2.24, 2.45) is 0 Å². The van der Waals surface area contributed by atoms with Crippen LogP contribution in [0.5, 0.6) is 11.5 Å². The van der Waals surface area contributed by atoms with Gasteiger partial charge in [-0.25, -0.2) is 9.97 Å². The van der Waals surface area contributed by atoms with E-state index in [1.165, 1.54) is 0 Å². The monoisotopic (exact) mass is 652 g/mol. The van der Waals surface area contributed by atoms with E-state index in [0.717, 1.165) is 77.1 Å². The molecule has 0 spiro atoms. The summed E-state index contributed by atoms with van der Waals surface area (Å²) in [5.41, 5.74) is 8.00. The summed E-state index contributed by atoms with van der Waals surface area (Å²) in [5.74, 6) is 0.444. The van der Waals surface area contributed by atoms with Crippen molar-refractivity contribution in [1.29, 1.82) is 0 Å². The lowest BCUT2D eigenvalue weighted by atomic mass is 9.84. The zero-order chi connectivity index (χ0) is 34.9. The molecule has 0 aliphatic rings. The van der Waals surface area contributed by atoms with Gasteiger partial charge < -0.3 is 10.2 Å². The number of pyridine rings is 2. The number of nitrogens with zero attached hydrogens (tertiary/aromatic N) is 2. The summed E-state index contributed by atoms with van der Waals surface area (Å²) in [7, 11) is 0. The molecule has 6 aromatic carbocycles. The predicted molar refractivity (Wildman–Crippen MR) is 209 cm³/mol. The lowest BCUT2D eigenvalue weighted by Gasteiger charge is -2.22. The minimum absolute atomic E-state index is 0.222. The van der Waals surface area contributed by atoms with Gasteiger partial charge in [0.05, 0.1) is 11.4 Å². The van der Waals surface area contributed by atoms with Gasteiger partial charge in [-0.3, -0.25) is 0 Å². The molecule has 0 unspecified atom stereocenters. The maximum absolute atomic E-state index is 11.5. The van der Waals surface area contributed by atoms with Crippen LogP contribution in [-0.4, -0.2) is 20.2 Å². The fourth-order valence-corrected chi connectivity index (χ4v) is 7.37. The number of aromatic hydroxyl groups is 2. The van der Waals surface area contributed by atoms with E-state index in [2.05, 4.69) is 126 Å². The summed E-state index contributed by atoms with van der Waals surface area (Å²) < 4.78 is 0. The van der Waals surface area contributed by atoms with Crippen LogP contribution in [0.4, 0.5) is 0 Å². The van der Waals surface area contributed by atoms with Crippen molar-refractivity contribution in [2.45, 2.75) is 52.4 Å². The van der Waals surface area contributed by atoms with Crippen molar-refractivity contribution < 1.29 is 10.2 Å². The lowest BCUT2D eigenvalue weighted by molar-refractivity contribution is 0.451. The first kappa shape index (κ1) is 31.5. The lowest BCUT2D eigenvalue weighted by Crippen LogP contribution is -2.11. The Balaban J connectivity index is 1.46. The minimum Gasteiger partial charge on any atom is -0.505 e. The topological polar surface area (TPSA) is 66.2 Å². The summed E-state index contributed by atoms with van der Waals surface area (Å²) >= 11 is 0. The second-order valence-electron chi connectivity index (χ2n) is 15.4. The second kappa shape index (κ2) is 11.4. The molecule has 50 heavy (non-hydrogen) atoms. The van der Waals surface area contributed by atoms with E-state index < -0.39 is 0 Å². The molecule has 0 atom stereocenters. The van der Waals surface area contributed by atoms with Crippen LogP contribution < -0.4 is 0 Å². The highest BCUT2D eigenvalue weighted by Crippen LogP contribution is 2.47. The maximum Gasteiger partial charge on any atom is 0.145 e. The number of hydrogen-bond donors (Lipinski definition) is 2. The molecule has 0 aliphatic heterocycles. The van der Waals surface area contributed by atoms with Gasteiger partial charge in [0, 0.05) is 44.2 Å². The molecule has 2 aromatic heterocycles. The smallest absolute Gasteiger partial charge is 0.145 e. The Morgan fingerprint density at radius 1 is 0.400 bits per heavy atom. The highest BCUT2D eigenvalue weighted by molar-refractivity contribution is 6.14. The van der Waals surface area contributed by atoms with E-state index in [0.29, 0.717) is 11.0 Å². The Bertz CT molecular complexity index is 2460. The molecule has 8 rings (SSSR count). The van der Waals surface area contributed by atoms with E-state index in [4.69, 9.17) is 9.97 Å². The van der Waals surface area contributed by atoms with Crippen LogP contribution in [0.15, 0.2) is 121 Å². The van der Waals surface area contributed by atoms with E-state index in [1.54, 1.807) is 0 Å². The highest BCUT2D eigenvalue weighted by atomic mass is 16.3. The Morgan fingerprint density at radius 2 is 0.760 bits per heavy atom. The van der Waals surface area contributed by atoms with Crippen molar-refractivity contribution in [3.63, 3.8) is 0 Å². The van der Waals surface area contributed by atoms with Gasteiger partial charge in [-0.05, 0) is 44.5 Å². The third-order valence-electron chi connectivity index (χ3n) is 9.95. The molecular formula is C46H40N2O2. The SMILES string of the molecule is CC(C)(C)c1ccc2ccc(-c3ccc4ccccc4c3-c3c(-c4ccc5ccc(C(C)(C)C)c(O)c5n4)ccc4ccccc34)nc2c1O. The number of phenolic OH excluding ortho intramolecular Hbond substituents is 2. The Kier molecular flexibility index (Phi) is 7.20. The van der Waals surface area contributed by atoms with Gasteiger partial charge in [0.25, 0.3) is 0 Å². The zero-order valence-corrected chi connectivity index (χ0v) is 29.3. The molecule has 8 aromatic rings. The second-order valence-corrected chi connectivity index (χ2v) is 15.4. The molecule has 0 bridgehead atoms. The molecule has 4 heteroatoms. The molecule has 2 N–H and O–H groups in total. The zero-order valence-electron chi connectivity index (χ0n) is 29.3. The first-order valence-electron chi connectivity index (χ1n) is 17.2. The summed E-state index contributed by atoms with van der Waals surface area (Å²) in [6.07, 6.45) is 0. The van der Waals surface area contributed by atoms with E-state index in [9.17, 15) is 10.2 Å². The third kappa shape index (κ3) is 5.14. The van der Waals surface area contributed by atoms with Crippen LogP contribution in [0.25, 0.3) is 77.0 Å². The van der Waals surface area contributed by atoms with Gasteiger partial charge in [0.1, 0.15) is 22.5 Å². The largest absolute Gasteiger partial charge is 0.505 e. The molecule has 0 radical (unpaired) electrons. The summed E-state index contributed by atoms with van der Waals surface area (Å²) in [6, 6.07) is 41.8. The van der Waals surface area contributed by atoms with Crippen LogP contribution in [0.2, 0.25) is 0 Å². The van der Waals surface area contributed by atoms with Crippen LogP contribution in [0.3, 0.4) is 0 Å². The maximum atomic E-state index is 11.5. The van der Waals surface area contributed by atoms with Crippen molar-refractivity contribution >= 4 is 43.4 Å². The standard InChI is InChI=1S/C46H40N2O2/c1-45(2,3)35-23-17-29-19-25-37(47-41(29)43(35)49)33-21-15-27-11-7-9-13-31(27)39(33)40-32-14-10-8-12-28(32)16-22-34(40)38-26-20-30-18-24-36(46(4,5)6)44(50)42(30)48-38/h7-26,49-50H,1-6H3. The van der Waals surface area contributed by atoms with Crippen molar-refractivity contribution in [3.05, 3.63) is 132 Å². The summed E-state index contributed by atoms with van der Waals surface area (Å²) in [4.78, 5) is 10.4. The van der Waals surface area contributed by atoms with Crippen molar-refractivity contribution in [1.82, 2.24) is 9.97 Å². The molecule has 0 fully saturated rings. The van der Waals surface area contributed by atoms with Gasteiger partial charge in [-0.15, -0.1) is 0 Å². The molecule has 0 amide bonds. The van der Waals surface area contributed by atoms with E-state index in [1.807, 2.05) is 36.4 Å². The summed E-state index contributed by atoms with van der Waals surface area (Å²) in [6.45, 7) is 12.6. The van der Waals surface area contributed by atoms with E-state index >= 15 is 0 Å².